The molecule has 268 valence electrons. The van der Waals surface area contributed by atoms with Gasteiger partial charge in [0.05, 0.1) is 45.9 Å². The van der Waals surface area contributed by atoms with Gasteiger partial charge in [0.25, 0.3) is 11.8 Å². The topological polar surface area (TPSA) is 172 Å². The van der Waals surface area contributed by atoms with Crippen LogP contribution < -0.4 is 15.4 Å². The third-order valence-corrected chi connectivity index (χ3v) is 12.7. The van der Waals surface area contributed by atoms with E-state index in [0.29, 0.717) is 59.7 Å². The van der Waals surface area contributed by atoms with Crippen LogP contribution in [0.5, 0.6) is 5.75 Å². The number of hydrogen-bond donors (Lipinski definition) is 2. The van der Waals surface area contributed by atoms with Gasteiger partial charge in [-0.15, -0.1) is 0 Å². The maximum Gasteiger partial charge on any atom is 0.260 e. The largest absolute Gasteiger partial charge is 0.483 e. The summed E-state index contributed by atoms with van der Waals surface area (Å²) in [5.74, 6) is -0.296. The highest BCUT2D eigenvalue weighted by molar-refractivity contribution is 7.83. The Morgan fingerprint density at radius 2 is 1.92 bits per heavy atom. The number of aryl methyl sites for hydroxylation is 1. The molecule has 1 spiro atoms. The summed E-state index contributed by atoms with van der Waals surface area (Å²) in [5.41, 5.74) is 2.53. The smallest absolute Gasteiger partial charge is 0.260 e. The van der Waals surface area contributed by atoms with Gasteiger partial charge in [0.2, 0.25) is 17.8 Å². The maximum absolute atomic E-state index is 13.5. The molecule has 6 heterocycles. The number of imide groups is 1. The molecular formula is C34H38ClN9O6S. The number of nitrogens with one attached hydrogen (secondary N) is 2. The van der Waals surface area contributed by atoms with Gasteiger partial charge in [-0.25, -0.2) is 18.5 Å². The molecule has 51 heavy (non-hydrogen) atoms. The van der Waals surface area contributed by atoms with Crippen molar-refractivity contribution in [2.75, 3.05) is 38.1 Å². The van der Waals surface area contributed by atoms with Gasteiger partial charge in [-0.1, -0.05) is 17.7 Å². The molecule has 17 heteroatoms. The number of hydrogen-bond acceptors (Lipinski definition) is 10. The first-order valence-corrected chi connectivity index (χ1v) is 18.7. The predicted octanol–water partition coefficient (Wildman–Crippen LogP) is 1.90. The number of likely N-dealkylation sites (tertiary alicyclic amines) is 1. The van der Waals surface area contributed by atoms with Crippen LogP contribution in [-0.2, 0) is 39.0 Å². The Bertz CT molecular complexity index is 1930. The second-order valence-corrected chi connectivity index (χ2v) is 16.3. The zero-order chi connectivity index (χ0) is 35.4. The van der Waals surface area contributed by atoms with E-state index in [1.807, 2.05) is 13.2 Å². The Hall–Kier alpha value is -4.41. The summed E-state index contributed by atoms with van der Waals surface area (Å²) < 4.78 is 23.2. The standard InChI is InChI=1S/C34H38ClN9O6S/c1-41-15-20(13-37-41)30-25(35)14-36-33(40-30)38-21-7-9-43(10-8-21)51(49)22-11-34(12-22)18-42(19-34)29(46)17-50-27-4-2-3-23-24(27)16-44(32(23)48)26-5-6-28(45)39-31(26)47/h2-4,13-15,21-22,26H,5-12,16-19H2,1H3,(H,36,38,40)(H,39,45,47). The van der Waals surface area contributed by atoms with Crippen molar-refractivity contribution in [3.63, 3.8) is 0 Å². The first-order valence-electron chi connectivity index (χ1n) is 17.2. The van der Waals surface area contributed by atoms with Crippen molar-refractivity contribution in [1.82, 2.24) is 39.2 Å². The van der Waals surface area contributed by atoms with Gasteiger partial charge in [-0.2, -0.15) is 5.10 Å². The van der Waals surface area contributed by atoms with E-state index in [2.05, 4.69) is 30.0 Å². The van der Waals surface area contributed by atoms with Crippen molar-refractivity contribution < 1.29 is 28.1 Å². The summed E-state index contributed by atoms with van der Waals surface area (Å²) in [6.45, 7) is 2.66. The molecule has 2 aromatic heterocycles. The van der Waals surface area contributed by atoms with E-state index in [0.717, 1.165) is 31.2 Å². The number of fused-ring (bicyclic) bond motifs is 1. The molecule has 2 atom stereocenters. The van der Waals surface area contributed by atoms with Gasteiger partial charge in [-0.05, 0) is 44.2 Å². The highest BCUT2D eigenvalue weighted by Gasteiger charge is 2.56. The van der Waals surface area contributed by atoms with Gasteiger partial charge in [0.1, 0.15) is 11.8 Å². The molecule has 4 fully saturated rings. The quantitative estimate of drug-likeness (QED) is 0.310. The molecule has 2 unspecified atom stereocenters. The van der Waals surface area contributed by atoms with Crippen molar-refractivity contribution in [2.24, 2.45) is 12.5 Å². The van der Waals surface area contributed by atoms with Gasteiger partial charge < -0.3 is 19.9 Å². The molecule has 3 aromatic rings. The normalized spacial score (nSPS) is 22.7. The number of anilines is 1. The number of aromatic nitrogens is 4. The highest BCUT2D eigenvalue weighted by Crippen LogP contribution is 2.51. The van der Waals surface area contributed by atoms with Crippen molar-refractivity contribution in [2.45, 2.75) is 62.4 Å². The summed E-state index contributed by atoms with van der Waals surface area (Å²) >= 11 is 6.35. The number of benzene rings is 1. The van der Waals surface area contributed by atoms with E-state index in [1.165, 1.54) is 4.90 Å². The van der Waals surface area contributed by atoms with Crippen molar-refractivity contribution in [3.05, 3.63) is 52.9 Å². The molecule has 8 rings (SSSR count). The van der Waals surface area contributed by atoms with E-state index in [-0.39, 0.29) is 60.4 Å². The highest BCUT2D eigenvalue weighted by atomic mass is 35.5. The zero-order valence-electron chi connectivity index (χ0n) is 28.0. The van der Waals surface area contributed by atoms with Crippen LogP contribution in [0, 0.1) is 5.41 Å². The molecule has 3 saturated heterocycles. The molecule has 2 N–H and O–H groups in total. The minimum atomic E-state index is -1.09. The average molecular weight is 736 g/mol. The lowest BCUT2D eigenvalue weighted by atomic mass is 9.63. The third kappa shape index (κ3) is 6.48. The predicted molar refractivity (Wildman–Crippen MR) is 186 cm³/mol. The van der Waals surface area contributed by atoms with E-state index in [1.54, 1.807) is 40.2 Å². The van der Waals surface area contributed by atoms with Gasteiger partial charge in [-0.3, -0.25) is 29.2 Å². The number of rotatable bonds is 9. The fourth-order valence-corrected chi connectivity index (χ4v) is 10.1. The third-order valence-electron chi connectivity index (χ3n) is 10.7. The number of ether oxygens (including phenoxy) is 1. The van der Waals surface area contributed by atoms with Crippen molar-refractivity contribution in [3.8, 4) is 17.0 Å². The first kappa shape index (κ1) is 33.7. The fourth-order valence-electron chi connectivity index (χ4n) is 7.93. The van der Waals surface area contributed by atoms with Gasteiger partial charge >= 0.3 is 0 Å². The number of halogens is 1. The lowest BCUT2D eigenvalue weighted by Crippen LogP contribution is -2.66. The van der Waals surface area contributed by atoms with E-state index in [4.69, 9.17) is 16.3 Å². The Morgan fingerprint density at radius 1 is 1.14 bits per heavy atom. The summed E-state index contributed by atoms with van der Waals surface area (Å²) in [7, 11) is 0.752. The van der Waals surface area contributed by atoms with Crippen molar-refractivity contribution >= 4 is 52.2 Å². The number of carbonyl (C=O) groups is 4. The van der Waals surface area contributed by atoms with E-state index < -0.39 is 22.9 Å². The van der Waals surface area contributed by atoms with Crippen LogP contribution in [0.4, 0.5) is 5.95 Å². The Balaban J connectivity index is 0.776. The zero-order valence-corrected chi connectivity index (χ0v) is 29.6. The van der Waals surface area contributed by atoms with Crippen LogP contribution in [0.25, 0.3) is 11.3 Å². The van der Waals surface area contributed by atoms with E-state index in [9.17, 15) is 23.4 Å². The summed E-state index contributed by atoms with van der Waals surface area (Å²) in [5, 5.41) is 10.5. The summed E-state index contributed by atoms with van der Waals surface area (Å²) in [4.78, 5) is 62.4. The van der Waals surface area contributed by atoms with Crippen LogP contribution in [-0.4, -0.2) is 112 Å². The van der Waals surface area contributed by atoms with Crippen LogP contribution in [0.15, 0.2) is 36.8 Å². The molecule has 0 bridgehead atoms. The number of piperidine rings is 2. The molecular weight excluding hydrogens is 698 g/mol. The Morgan fingerprint density at radius 3 is 2.65 bits per heavy atom. The maximum atomic E-state index is 13.5. The average Bonchev–Trinajstić information content (AvgIpc) is 3.66. The summed E-state index contributed by atoms with van der Waals surface area (Å²) in [6.07, 6.45) is 8.88. The molecule has 1 aromatic carbocycles. The molecule has 1 saturated carbocycles. The molecule has 5 aliphatic rings. The number of amides is 4. The van der Waals surface area contributed by atoms with Crippen LogP contribution in [0.3, 0.4) is 0 Å². The minimum absolute atomic E-state index is 0.0105. The van der Waals surface area contributed by atoms with Gasteiger partial charge in [0, 0.05) is 74.0 Å². The van der Waals surface area contributed by atoms with Crippen LogP contribution in [0.1, 0.15) is 54.4 Å². The lowest BCUT2D eigenvalue weighted by Gasteiger charge is -2.59. The fraction of sp³-hybridized carbons (Fsp3) is 0.500. The monoisotopic (exact) mass is 735 g/mol. The minimum Gasteiger partial charge on any atom is -0.483 e. The van der Waals surface area contributed by atoms with Gasteiger partial charge in [0.15, 0.2) is 6.61 Å². The van der Waals surface area contributed by atoms with E-state index >= 15 is 0 Å². The molecule has 4 amide bonds. The van der Waals surface area contributed by atoms with Crippen LogP contribution >= 0.6 is 11.6 Å². The number of nitrogens with zero attached hydrogens (tertiary/aromatic N) is 7. The Labute approximate surface area is 301 Å². The number of carbonyl (C=O) groups excluding carboxylic acids is 4. The first-order chi connectivity index (χ1) is 24.6. The molecule has 0 radical (unpaired) electrons. The molecule has 4 aliphatic heterocycles. The second kappa shape index (κ2) is 13.3. The SMILES string of the molecule is Cn1cc(-c2nc(NC3CCN(S(=O)C4CC5(C4)CN(C(=O)COc4cccc6c4CN(C4CCC(=O)NC4=O)C6=O)C5)CC3)ncc2Cl)cn1. The Kier molecular flexibility index (Phi) is 8.79. The molecule has 1 aliphatic carbocycles. The van der Waals surface area contributed by atoms with Crippen molar-refractivity contribution in [1.29, 1.82) is 0 Å². The summed E-state index contributed by atoms with van der Waals surface area (Å²) in [6, 6.07) is 4.54. The second-order valence-electron chi connectivity index (χ2n) is 14.2. The lowest BCUT2D eigenvalue weighted by molar-refractivity contribution is -0.151. The van der Waals surface area contributed by atoms with Crippen LogP contribution in [0.2, 0.25) is 5.02 Å². The molecule has 15 nitrogen and oxygen atoms in total.